The summed E-state index contributed by atoms with van der Waals surface area (Å²) in [5.41, 5.74) is 1.91. The highest BCUT2D eigenvalue weighted by Gasteiger charge is 2.28. The van der Waals surface area contributed by atoms with Crippen LogP contribution in [0.3, 0.4) is 0 Å². The van der Waals surface area contributed by atoms with Crippen LogP contribution in [0.15, 0.2) is 36.4 Å². The summed E-state index contributed by atoms with van der Waals surface area (Å²) in [5.74, 6) is 0.140. The van der Waals surface area contributed by atoms with Gasteiger partial charge in [-0.25, -0.2) is 0 Å². The molecule has 0 aliphatic carbocycles. The molecule has 3 nitrogen and oxygen atoms in total. The van der Waals surface area contributed by atoms with Crippen molar-refractivity contribution in [2.24, 2.45) is 0 Å². The lowest BCUT2D eigenvalue weighted by Crippen LogP contribution is -2.31. The molecular formula is C17H20N2O. The normalized spacial score (nSPS) is 13.8. The van der Waals surface area contributed by atoms with Gasteiger partial charge in [-0.15, -0.1) is 0 Å². The van der Waals surface area contributed by atoms with E-state index in [0.29, 0.717) is 6.04 Å². The summed E-state index contributed by atoms with van der Waals surface area (Å²) in [6.45, 7) is 5.98. The quantitative estimate of drug-likeness (QED) is 0.845. The van der Waals surface area contributed by atoms with Crippen LogP contribution in [-0.2, 0) is 0 Å². The van der Waals surface area contributed by atoms with E-state index in [1.165, 1.54) is 0 Å². The van der Waals surface area contributed by atoms with Crippen molar-refractivity contribution < 1.29 is 4.79 Å². The van der Waals surface area contributed by atoms with Crippen LogP contribution in [0, 0.1) is 0 Å². The van der Waals surface area contributed by atoms with Crippen molar-refractivity contribution >= 4 is 22.4 Å². The topological polar surface area (TPSA) is 32.3 Å². The van der Waals surface area contributed by atoms with E-state index in [0.717, 1.165) is 41.5 Å². The minimum absolute atomic E-state index is 0.140. The largest absolute Gasteiger partial charge is 0.314 e. The van der Waals surface area contributed by atoms with E-state index < -0.39 is 0 Å². The van der Waals surface area contributed by atoms with Crippen molar-refractivity contribution in [3.63, 3.8) is 0 Å². The Balaban J connectivity index is 1.82. The van der Waals surface area contributed by atoms with Gasteiger partial charge in [0.05, 0.1) is 5.69 Å². The minimum Gasteiger partial charge on any atom is -0.314 e. The molecule has 0 unspecified atom stereocenters. The van der Waals surface area contributed by atoms with Crippen molar-refractivity contribution in [1.29, 1.82) is 0 Å². The van der Waals surface area contributed by atoms with Gasteiger partial charge < -0.3 is 10.2 Å². The maximum atomic E-state index is 12.5. The van der Waals surface area contributed by atoms with Crippen LogP contribution >= 0.6 is 0 Å². The van der Waals surface area contributed by atoms with Gasteiger partial charge in [0.15, 0.2) is 0 Å². The SMILES string of the molecule is CC(C)NCCCN1C(=O)c2cccc3cccc1c23. The minimum atomic E-state index is 0.140. The van der Waals surface area contributed by atoms with Crippen molar-refractivity contribution in [3.8, 4) is 0 Å². The molecule has 0 spiro atoms. The zero-order valence-electron chi connectivity index (χ0n) is 12.0. The lowest BCUT2D eigenvalue weighted by molar-refractivity contribution is 0.0993. The van der Waals surface area contributed by atoms with Gasteiger partial charge in [0, 0.05) is 23.5 Å². The van der Waals surface area contributed by atoms with E-state index in [4.69, 9.17) is 0 Å². The van der Waals surface area contributed by atoms with E-state index in [1.807, 2.05) is 29.2 Å². The average molecular weight is 268 g/mol. The molecule has 0 saturated heterocycles. The van der Waals surface area contributed by atoms with Gasteiger partial charge in [0.1, 0.15) is 0 Å². The first-order valence-electron chi connectivity index (χ1n) is 7.25. The van der Waals surface area contributed by atoms with Crippen LogP contribution in [0.25, 0.3) is 10.8 Å². The van der Waals surface area contributed by atoms with Gasteiger partial charge in [-0.05, 0) is 30.5 Å². The summed E-state index contributed by atoms with van der Waals surface area (Å²) in [6, 6.07) is 12.6. The first kappa shape index (κ1) is 13.1. The number of hydrogen-bond acceptors (Lipinski definition) is 2. The van der Waals surface area contributed by atoms with Crippen molar-refractivity contribution in [2.45, 2.75) is 26.3 Å². The Bertz CT molecular complexity index is 643. The maximum absolute atomic E-state index is 12.5. The van der Waals surface area contributed by atoms with Gasteiger partial charge in [-0.3, -0.25) is 4.79 Å². The summed E-state index contributed by atoms with van der Waals surface area (Å²) in [5, 5.41) is 5.65. The molecule has 1 N–H and O–H groups in total. The number of carbonyl (C=O) groups is 1. The first-order chi connectivity index (χ1) is 9.68. The first-order valence-corrected chi connectivity index (χ1v) is 7.25. The fourth-order valence-corrected chi connectivity index (χ4v) is 2.83. The molecule has 0 radical (unpaired) electrons. The number of nitrogens with zero attached hydrogens (tertiary/aromatic N) is 1. The Labute approximate surface area is 119 Å². The number of amides is 1. The Morgan fingerprint density at radius 2 is 1.90 bits per heavy atom. The fraction of sp³-hybridized carbons (Fsp3) is 0.353. The second-order valence-electron chi connectivity index (χ2n) is 5.60. The molecule has 0 fully saturated rings. The predicted octanol–water partition coefficient (Wildman–Crippen LogP) is 3.19. The molecule has 3 heteroatoms. The van der Waals surface area contributed by atoms with Crippen LogP contribution < -0.4 is 10.2 Å². The van der Waals surface area contributed by atoms with Gasteiger partial charge >= 0.3 is 0 Å². The lowest BCUT2D eigenvalue weighted by Gasteiger charge is -2.18. The molecule has 0 aromatic heterocycles. The highest BCUT2D eigenvalue weighted by Crippen LogP contribution is 2.36. The summed E-state index contributed by atoms with van der Waals surface area (Å²) in [7, 11) is 0. The molecule has 2 aromatic rings. The third-order valence-corrected chi connectivity index (χ3v) is 3.76. The summed E-state index contributed by atoms with van der Waals surface area (Å²) in [6.07, 6.45) is 0.967. The summed E-state index contributed by atoms with van der Waals surface area (Å²) >= 11 is 0. The van der Waals surface area contributed by atoms with Crippen molar-refractivity contribution in [3.05, 3.63) is 42.0 Å². The number of nitrogens with one attached hydrogen (secondary N) is 1. The number of carbonyl (C=O) groups excluding carboxylic acids is 1. The third kappa shape index (κ3) is 2.18. The second kappa shape index (κ2) is 5.25. The summed E-state index contributed by atoms with van der Waals surface area (Å²) < 4.78 is 0. The monoisotopic (exact) mass is 268 g/mol. The standard InChI is InChI=1S/C17H20N2O/c1-12(2)18-10-5-11-19-15-9-4-7-13-6-3-8-14(16(13)15)17(19)20/h3-4,6-9,12,18H,5,10-11H2,1-2H3. The number of hydrogen-bond donors (Lipinski definition) is 1. The third-order valence-electron chi connectivity index (χ3n) is 3.76. The van der Waals surface area contributed by atoms with E-state index in [2.05, 4.69) is 31.3 Å². The Hall–Kier alpha value is -1.87. The number of rotatable bonds is 5. The zero-order chi connectivity index (χ0) is 14.1. The molecule has 2 aromatic carbocycles. The number of benzene rings is 2. The van der Waals surface area contributed by atoms with Crippen molar-refractivity contribution in [1.82, 2.24) is 5.32 Å². The Kier molecular flexibility index (Phi) is 3.45. The van der Waals surface area contributed by atoms with Crippen molar-refractivity contribution in [2.75, 3.05) is 18.0 Å². The second-order valence-corrected chi connectivity index (χ2v) is 5.60. The molecule has 20 heavy (non-hydrogen) atoms. The zero-order valence-corrected chi connectivity index (χ0v) is 12.0. The molecular weight excluding hydrogens is 248 g/mol. The van der Waals surface area contributed by atoms with Crippen LogP contribution in [0.5, 0.6) is 0 Å². The van der Waals surface area contributed by atoms with E-state index in [-0.39, 0.29) is 5.91 Å². The Morgan fingerprint density at radius 1 is 1.15 bits per heavy atom. The molecule has 1 aliphatic heterocycles. The molecule has 3 rings (SSSR count). The molecule has 0 bridgehead atoms. The van der Waals surface area contributed by atoms with Crippen LogP contribution in [0.4, 0.5) is 5.69 Å². The molecule has 104 valence electrons. The highest BCUT2D eigenvalue weighted by atomic mass is 16.2. The highest BCUT2D eigenvalue weighted by molar-refractivity contribution is 6.24. The fourth-order valence-electron chi connectivity index (χ4n) is 2.83. The summed E-state index contributed by atoms with van der Waals surface area (Å²) in [4.78, 5) is 14.4. The van der Waals surface area contributed by atoms with Crippen LogP contribution in [0.2, 0.25) is 0 Å². The van der Waals surface area contributed by atoms with Gasteiger partial charge in [-0.2, -0.15) is 0 Å². The van der Waals surface area contributed by atoms with Gasteiger partial charge in [0.25, 0.3) is 5.91 Å². The molecule has 0 saturated carbocycles. The Morgan fingerprint density at radius 3 is 2.65 bits per heavy atom. The van der Waals surface area contributed by atoms with Gasteiger partial charge in [0.2, 0.25) is 0 Å². The van der Waals surface area contributed by atoms with Crippen LogP contribution in [0.1, 0.15) is 30.6 Å². The molecule has 0 atom stereocenters. The average Bonchev–Trinajstić information content (AvgIpc) is 2.71. The molecule has 1 heterocycles. The number of anilines is 1. The lowest BCUT2D eigenvalue weighted by atomic mass is 10.1. The molecule has 1 aliphatic rings. The van der Waals surface area contributed by atoms with E-state index in [9.17, 15) is 4.79 Å². The van der Waals surface area contributed by atoms with Gasteiger partial charge in [-0.1, -0.05) is 38.1 Å². The van der Waals surface area contributed by atoms with E-state index >= 15 is 0 Å². The predicted molar refractivity (Wildman–Crippen MR) is 83.4 cm³/mol. The van der Waals surface area contributed by atoms with Crippen LogP contribution in [-0.4, -0.2) is 25.0 Å². The maximum Gasteiger partial charge on any atom is 0.258 e. The smallest absolute Gasteiger partial charge is 0.258 e. The molecule has 1 amide bonds. The van der Waals surface area contributed by atoms with E-state index in [1.54, 1.807) is 0 Å².